The van der Waals surface area contributed by atoms with Crippen molar-refractivity contribution >= 4 is 11.9 Å². The van der Waals surface area contributed by atoms with E-state index in [4.69, 9.17) is 9.47 Å². The summed E-state index contributed by atoms with van der Waals surface area (Å²) in [5.74, 6) is -4.11. The predicted octanol–water partition coefficient (Wildman–Crippen LogP) is -1.38. The first-order valence-corrected chi connectivity index (χ1v) is 12.1. The quantitative estimate of drug-likeness (QED) is 0.0812. The van der Waals surface area contributed by atoms with Gasteiger partial charge in [0.05, 0.1) is 30.8 Å². The highest BCUT2D eigenvalue weighted by molar-refractivity contribution is 5.90. The van der Waals surface area contributed by atoms with Crippen molar-refractivity contribution in [3.63, 3.8) is 0 Å². The summed E-state index contributed by atoms with van der Waals surface area (Å²) in [6, 6.07) is 6.23. The van der Waals surface area contributed by atoms with Crippen LogP contribution in [0.2, 0.25) is 0 Å². The number of phenolic OH excluding ortho intramolecular Hbond substituents is 4. The van der Waals surface area contributed by atoms with Gasteiger partial charge in [0.15, 0.2) is 23.0 Å². The molecule has 224 valence electrons. The molecule has 0 spiro atoms. The van der Waals surface area contributed by atoms with Gasteiger partial charge in [-0.15, -0.1) is 6.58 Å². The van der Waals surface area contributed by atoms with E-state index < -0.39 is 90.5 Å². The molecule has 0 saturated carbocycles. The number of aromatic hydroxyl groups is 4. The Kier molecular flexibility index (Phi) is 9.90. The number of ether oxygens (including phenoxy) is 2. The number of carbonyl (C=O) groups excluding carboxylic acids is 2. The van der Waals surface area contributed by atoms with Crippen molar-refractivity contribution in [2.75, 3.05) is 13.2 Å². The molecule has 42 heavy (non-hydrogen) atoms. The lowest BCUT2D eigenvalue weighted by Gasteiger charge is -2.18. The number of aliphatic hydroxyl groups excluding tert-OH is 2. The van der Waals surface area contributed by atoms with Gasteiger partial charge in [0, 0.05) is 0 Å². The number of phenols is 4. The molecule has 0 bridgehead atoms. The number of benzene rings is 2. The summed E-state index contributed by atoms with van der Waals surface area (Å²) in [6.45, 7) is 0.205. The van der Waals surface area contributed by atoms with Crippen LogP contribution in [0.1, 0.15) is 20.7 Å². The van der Waals surface area contributed by atoms with Crippen LogP contribution in [0.5, 0.6) is 23.0 Å². The molecule has 16 heteroatoms. The second-order valence-corrected chi connectivity index (χ2v) is 8.88. The summed E-state index contributed by atoms with van der Waals surface area (Å²) in [6.07, 6.45) is -2.06. The second-order valence-electron chi connectivity index (χ2n) is 8.88. The number of aromatic nitrogens is 3. The van der Waals surface area contributed by atoms with E-state index in [9.17, 15) is 54.6 Å². The van der Waals surface area contributed by atoms with Gasteiger partial charge in [0.2, 0.25) is 0 Å². The minimum Gasteiger partial charge on any atom is -0.504 e. The summed E-state index contributed by atoms with van der Waals surface area (Å²) in [4.78, 5) is 63.1. The number of nitrogens with zero attached hydrogens (tertiary/aromatic N) is 3. The Morgan fingerprint density at radius 3 is 1.43 bits per heavy atom. The zero-order chi connectivity index (χ0) is 31.1. The molecule has 2 unspecified atom stereocenters. The Hall–Kier alpha value is -5.35. The maximum atomic E-state index is 13.0. The number of carbonyl (C=O) groups is 2. The molecular weight excluding hydrogens is 562 g/mol. The lowest BCUT2D eigenvalue weighted by atomic mass is 10.2. The zero-order valence-electron chi connectivity index (χ0n) is 21.8. The average Bonchev–Trinajstić information content (AvgIpc) is 2.96. The molecule has 3 aromatic rings. The van der Waals surface area contributed by atoms with Gasteiger partial charge in [-0.05, 0) is 36.4 Å². The summed E-state index contributed by atoms with van der Waals surface area (Å²) in [7, 11) is 0. The normalized spacial score (nSPS) is 12.3. The third-order valence-electron chi connectivity index (χ3n) is 5.72. The fraction of sp³-hybridized carbons (Fsp3) is 0.269. The van der Waals surface area contributed by atoms with Crippen molar-refractivity contribution in [1.29, 1.82) is 0 Å². The Morgan fingerprint density at radius 2 is 1.07 bits per heavy atom. The second kappa shape index (κ2) is 13.3. The molecule has 0 amide bonds. The molecular formula is C26H27N3O13. The van der Waals surface area contributed by atoms with Crippen LogP contribution in [-0.2, 0) is 29.1 Å². The molecule has 0 radical (unpaired) electrons. The Labute approximate surface area is 235 Å². The molecule has 3 rings (SSSR count). The SMILES string of the molecule is C=CCn1c(=O)n(CC(O)COC(=O)c2ccc(O)c(O)c2)c(=O)n(CC(O)COC(=O)c2ccc(O)c(O)c2)c1=O. The van der Waals surface area contributed by atoms with E-state index in [-0.39, 0.29) is 17.7 Å². The highest BCUT2D eigenvalue weighted by Gasteiger charge is 2.22. The van der Waals surface area contributed by atoms with Gasteiger partial charge in [-0.3, -0.25) is 0 Å². The maximum absolute atomic E-state index is 13.0. The molecule has 0 fully saturated rings. The average molecular weight is 590 g/mol. The monoisotopic (exact) mass is 589 g/mol. The Bertz CT molecular complexity index is 1560. The van der Waals surface area contributed by atoms with Crippen LogP contribution in [0.3, 0.4) is 0 Å². The van der Waals surface area contributed by atoms with Crippen LogP contribution in [0.25, 0.3) is 0 Å². The minimum atomic E-state index is -1.62. The van der Waals surface area contributed by atoms with Gasteiger partial charge < -0.3 is 40.1 Å². The van der Waals surface area contributed by atoms with E-state index >= 15 is 0 Å². The van der Waals surface area contributed by atoms with Crippen LogP contribution in [0.4, 0.5) is 0 Å². The van der Waals surface area contributed by atoms with Gasteiger partial charge in [-0.25, -0.2) is 37.7 Å². The van der Waals surface area contributed by atoms with Crippen LogP contribution >= 0.6 is 0 Å². The highest BCUT2D eigenvalue weighted by atomic mass is 16.5. The summed E-state index contributed by atoms with van der Waals surface area (Å²) in [5.41, 5.74) is -3.79. The third kappa shape index (κ3) is 7.23. The van der Waals surface area contributed by atoms with E-state index in [1.807, 2.05) is 0 Å². The molecule has 1 heterocycles. The Morgan fingerprint density at radius 1 is 0.690 bits per heavy atom. The van der Waals surface area contributed by atoms with Crippen molar-refractivity contribution in [3.05, 3.63) is 91.6 Å². The van der Waals surface area contributed by atoms with Gasteiger partial charge in [-0.1, -0.05) is 6.08 Å². The topological polar surface area (TPSA) is 240 Å². The molecule has 2 aromatic carbocycles. The first kappa shape index (κ1) is 31.2. The van der Waals surface area contributed by atoms with E-state index in [1.54, 1.807) is 0 Å². The fourth-order valence-electron chi connectivity index (χ4n) is 3.62. The van der Waals surface area contributed by atoms with E-state index in [1.165, 1.54) is 6.08 Å². The van der Waals surface area contributed by atoms with Gasteiger partial charge in [0.25, 0.3) is 0 Å². The lowest BCUT2D eigenvalue weighted by molar-refractivity contribution is 0.0189. The maximum Gasteiger partial charge on any atom is 0.338 e. The number of hydrogen-bond acceptors (Lipinski definition) is 13. The van der Waals surface area contributed by atoms with Gasteiger partial charge in [-0.2, -0.15) is 0 Å². The number of esters is 2. The number of aliphatic hydroxyl groups is 2. The first-order valence-electron chi connectivity index (χ1n) is 12.1. The Balaban J connectivity index is 1.75. The van der Waals surface area contributed by atoms with E-state index in [0.29, 0.717) is 13.7 Å². The molecule has 0 saturated heterocycles. The lowest BCUT2D eigenvalue weighted by Crippen LogP contribution is -2.56. The van der Waals surface area contributed by atoms with Crippen molar-refractivity contribution in [3.8, 4) is 23.0 Å². The van der Waals surface area contributed by atoms with E-state index in [2.05, 4.69) is 6.58 Å². The fourth-order valence-corrected chi connectivity index (χ4v) is 3.62. The first-order chi connectivity index (χ1) is 19.8. The smallest absolute Gasteiger partial charge is 0.338 e. The number of rotatable bonds is 12. The molecule has 0 aliphatic carbocycles. The van der Waals surface area contributed by atoms with Crippen LogP contribution in [0.15, 0.2) is 63.4 Å². The van der Waals surface area contributed by atoms with Crippen molar-refractivity contribution in [1.82, 2.24) is 13.7 Å². The minimum absolute atomic E-state index is 0.159. The predicted molar refractivity (Wildman–Crippen MR) is 142 cm³/mol. The largest absolute Gasteiger partial charge is 0.504 e. The van der Waals surface area contributed by atoms with Crippen molar-refractivity contribution in [2.24, 2.45) is 0 Å². The number of allylic oxidation sites excluding steroid dienone is 1. The molecule has 2 atom stereocenters. The standard InChI is InChI=1S/C26H27N3O13/c1-2-7-27-24(38)28(10-16(30)12-41-22(36)14-3-5-18(32)20(34)8-14)26(40)29(25(27)39)11-17(31)13-42-23(37)15-4-6-19(33)21(35)9-15/h2-6,8-9,16-17,30-35H,1,7,10-13H2. The van der Waals surface area contributed by atoms with Crippen LogP contribution in [-0.4, -0.2) is 81.7 Å². The van der Waals surface area contributed by atoms with Crippen molar-refractivity contribution < 1.29 is 49.7 Å². The molecule has 1 aromatic heterocycles. The van der Waals surface area contributed by atoms with Crippen molar-refractivity contribution in [2.45, 2.75) is 31.8 Å². The van der Waals surface area contributed by atoms with Crippen LogP contribution in [0, 0.1) is 0 Å². The summed E-state index contributed by atoms with van der Waals surface area (Å²) < 4.78 is 11.4. The van der Waals surface area contributed by atoms with Crippen LogP contribution < -0.4 is 17.1 Å². The molecule has 16 nitrogen and oxygen atoms in total. The highest BCUT2D eigenvalue weighted by Crippen LogP contribution is 2.26. The third-order valence-corrected chi connectivity index (χ3v) is 5.72. The molecule has 0 aliphatic rings. The molecule has 0 aliphatic heterocycles. The molecule has 6 N–H and O–H groups in total. The van der Waals surface area contributed by atoms with Gasteiger partial charge in [0.1, 0.15) is 25.4 Å². The van der Waals surface area contributed by atoms with Gasteiger partial charge >= 0.3 is 29.0 Å². The number of hydrogen-bond donors (Lipinski definition) is 6. The zero-order valence-corrected chi connectivity index (χ0v) is 21.8. The summed E-state index contributed by atoms with van der Waals surface area (Å²) in [5, 5.41) is 58.5. The summed E-state index contributed by atoms with van der Waals surface area (Å²) >= 11 is 0. The van der Waals surface area contributed by atoms with E-state index in [0.717, 1.165) is 36.4 Å².